The van der Waals surface area contributed by atoms with Crippen LogP contribution in [-0.2, 0) is 33.1 Å². The molecule has 4 aromatic rings. The number of aromatic hydroxyl groups is 1. The Morgan fingerprint density at radius 2 is 0.982 bits per heavy atom. The molecule has 0 saturated carbocycles. The van der Waals surface area contributed by atoms with E-state index in [1.54, 1.807) is 36.4 Å². The van der Waals surface area contributed by atoms with Crippen LogP contribution < -0.4 is 14.6 Å². The van der Waals surface area contributed by atoms with Crippen molar-refractivity contribution in [3.63, 3.8) is 0 Å². The van der Waals surface area contributed by atoms with Crippen molar-refractivity contribution in [3.05, 3.63) is 96.1 Å². The van der Waals surface area contributed by atoms with Gasteiger partial charge in [0.25, 0.3) is 10.1 Å². The van der Waals surface area contributed by atoms with E-state index in [4.69, 9.17) is 14.0 Å². The first-order chi connectivity index (χ1) is 25.8. The Balaban J connectivity index is 0.000000373. The Labute approximate surface area is 357 Å². The average molecular weight is 823 g/mol. The van der Waals surface area contributed by atoms with Gasteiger partial charge in [-0.2, -0.15) is 8.42 Å². The second-order valence-corrected chi connectivity index (χ2v) is 16.1. The molecule has 0 spiro atoms. The largest absolute Gasteiger partial charge is 2.00 e. The topological polar surface area (TPSA) is 173 Å². The third kappa shape index (κ3) is 17.9. The third-order valence-corrected chi connectivity index (χ3v) is 10.6. The average Bonchev–Trinajstić information content (AvgIpc) is 3.13. The van der Waals surface area contributed by atoms with E-state index in [2.05, 4.69) is 13.8 Å². The number of hydrogen-bond donors (Lipinski definition) is 2. The van der Waals surface area contributed by atoms with Crippen molar-refractivity contribution < 1.29 is 45.6 Å². The summed E-state index contributed by atoms with van der Waals surface area (Å²) in [6, 6.07) is 21.2. The van der Waals surface area contributed by atoms with Gasteiger partial charge in [-0.05, 0) is 73.7 Å². The van der Waals surface area contributed by atoms with Crippen molar-refractivity contribution in [2.45, 2.75) is 126 Å². The Morgan fingerprint density at radius 3 is 1.51 bits per heavy atom. The first-order valence-corrected chi connectivity index (χ1v) is 21.8. The molecule has 0 atom stereocenters. The SMILES string of the molecule is CCCCCCCCCc1cccc(Oc2cccc(S(=O)(=O)O)c2)c1O.CCCCCCCCCc1cccc(Oc2cccc(S(=O)(=O)[O-])c2)c1[O-].[Ca+2]. The van der Waals surface area contributed by atoms with Gasteiger partial charge in [0.15, 0.2) is 11.5 Å². The number of benzene rings is 4. The van der Waals surface area contributed by atoms with E-state index in [0.29, 0.717) is 12.0 Å². The molecule has 55 heavy (non-hydrogen) atoms. The predicted molar refractivity (Wildman–Crippen MR) is 214 cm³/mol. The Bertz CT molecular complexity index is 1810. The molecule has 0 unspecified atom stereocenters. The van der Waals surface area contributed by atoms with Gasteiger partial charge in [0.05, 0.1) is 9.79 Å². The maximum atomic E-state index is 12.6. The number of rotatable bonds is 22. The van der Waals surface area contributed by atoms with Gasteiger partial charge in [-0.15, -0.1) is 0 Å². The molecule has 13 heteroatoms. The van der Waals surface area contributed by atoms with E-state index in [1.807, 2.05) is 6.07 Å². The maximum Gasteiger partial charge on any atom is 2.00 e. The molecule has 10 nitrogen and oxygen atoms in total. The van der Waals surface area contributed by atoms with Crippen LogP contribution in [0.2, 0.25) is 0 Å². The fourth-order valence-electron chi connectivity index (χ4n) is 5.88. The molecule has 0 aliphatic carbocycles. The van der Waals surface area contributed by atoms with Crippen molar-refractivity contribution >= 4 is 58.0 Å². The molecule has 0 fully saturated rings. The van der Waals surface area contributed by atoms with Crippen LogP contribution in [0.25, 0.3) is 0 Å². The van der Waals surface area contributed by atoms with Gasteiger partial charge in [-0.1, -0.05) is 139 Å². The molecule has 2 N–H and O–H groups in total. The van der Waals surface area contributed by atoms with Crippen LogP contribution in [0.1, 0.15) is 115 Å². The summed E-state index contributed by atoms with van der Waals surface area (Å²) in [5, 5.41) is 23.0. The molecule has 0 saturated heterocycles. The summed E-state index contributed by atoms with van der Waals surface area (Å²) in [7, 11) is -8.87. The molecule has 0 aliphatic heterocycles. The van der Waals surface area contributed by atoms with Gasteiger partial charge in [-0.3, -0.25) is 4.55 Å². The van der Waals surface area contributed by atoms with E-state index in [0.717, 1.165) is 43.7 Å². The second kappa shape index (κ2) is 25.4. The summed E-state index contributed by atoms with van der Waals surface area (Å²) in [5.74, 6) is 0.657. The van der Waals surface area contributed by atoms with Crippen LogP contribution in [-0.4, -0.2) is 68.8 Å². The van der Waals surface area contributed by atoms with Gasteiger partial charge in [0.2, 0.25) is 0 Å². The molecular formula is C42H54CaO10S2. The molecule has 0 bridgehead atoms. The number of aryl methyl sites for hydroxylation is 2. The van der Waals surface area contributed by atoms with Gasteiger partial charge in [0.1, 0.15) is 27.4 Å². The molecule has 4 aromatic carbocycles. The minimum absolute atomic E-state index is 0. The van der Waals surface area contributed by atoms with Gasteiger partial charge in [0, 0.05) is 6.07 Å². The molecule has 0 amide bonds. The van der Waals surface area contributed by atoms with Crippen molar-refractivity contribution in [1.29, 1.82) is 0 Å². The fraction of sp³-hybridized carbons (Fsp3) is 0.429. The van der Waals surface area contributed by atoms with E-state index in [9.17, 15) is 31.6 Å². The summed E-state index contributed by atoms with van der Waals surface area (Å²) in [6.07, 6.45) is 18.1. The third-order valence-electron chi connectivity index (χ3n) is 8.90. The number of ether oxygens (including phenoxy) is 2. The molecule has 0 aromatic heterocycles. The Morgan fingerprint density at radius 1 is 0.564 bits per heavy atom. The number of para-hydroxylation sites is 2. The van der Waals surface area contributed by atoms with Crippen molar-refractivity contribution in [3.8, 4) is 34.5 Å². The van der Waals surface area contributed by atoms with Gasteiger partial charge >= 0.3 is 37.7 Å². The summed E-state index contributed by atoms with van der Waals surface area (Å²) >= 11 is 0. The zero-order valence-corrected chi connectivity index (χ0v) is 35.9. The van der Waals surface area contributed by atoms with Crippen LogP contribution in [0, 0.1) is 0 Å². The standard InChI is InChI=1S/2C21H28O5S.Ca/c2*1-2-3-4-5-6-7-8-11-17-12-9-15-20(21(17)22)26-18-13-10-14-19(16-18)27(23,24)25;/h2*9-10,12-16,22H,2-8,11H2,1H3,(H,23,24,25);/q;;+2/p-2. The van der Waals surface area contributed by atoms with E-state index in [-0.39, 0.29) is 82.0 Å². The van der Waals surface area contributed by atoms with Crippen molar-refractivity contribution in [1.82, 2.24) is 0 Å². The van der Waals surface area contributed by atoms with Crippen molar-refractivity contribution in [2.24, 2.45) is 0 Å². The minimum atomic E-state index is -4.57. The van der Waals surface area contributed by atoms with Crippen LogP contribution in [0.4, 0.5) is 0 Å². The monoisotopic (exact) mass is 822 g/mol. The molecule has 296 valence electrons. The summed E-state index contributed by atoms with van der Waals surface area (Å²) in [6.45, 7) is 4.40. The zero-order valence-electron chi connectivity index (χ0n) is 32.1. The Kier molecular flexibility index (Phi) is 22.3. The zero-order chi connectivity index (χ0) is 39.4. The number of phenolic OH excluding ortho intramolecular Hbond substituents is 1. The van der Waals surface area contributed by atoms with Crippen molar-refractivity contribution in [2.75, 3.05) is 0 Å². The normalized spacial score (nSPS) is 11.3. The molecule has 0 radical (unpaired) electrons. The maximum absolute atomic E-state index is 12.6. The summed E-state index contributed by atoms with van der Waals surface area (Å²) in [4.78, 5) is -0.634. The smallest absolute Gasteiger partial charge is 0.870 e. The molecule has 0 aliphatic rings. The number of unbranched alkanes of at least 4 members (excludes halogenated alkanes) is 12. The van der Waals surface area contributed by atoms with E-state index >= 15 is 0 Å². The van der Waals surface area contributed by atoms with Gasteiger partial charge < -0.3 is 24.2 Å². The Hall–Kier alpha value is -2.84. The number of hydrogen-bond acceptors (Lipinski definition) is 9. The summed E-state index contributed by atoms with van der Waals surface area (Å²) in [5.41, 5.74) is 1.50. The second-order valence-electron chi connectivity index (χ2n) is 13.3. The van der Waals surface area contributed by atoms with Crippen LogP contribution in [0.15, 0.2) is 94.7 Å². The number of phenols is 1. The first-order valence-electron chi connectivity index (χ1n) is 18.9. The van der Waals surface area contributed by atoms with Crippen LogP contribution >= 0.6 is 0 Å². The van der Waals surface area contributed by atoms with Crippen LogP contribution in [0.5, 0.6) is 34.5 Å². The van der Waals surface area contributed by atoms with E-state index in [1.165, 1.54) is 101 Å². The predicted octanol–water partition coefficient (Wildman–Crippen LogP) is 10.1. The minimum Gasteiger partial charge on any atom is -0.870 e. The molecular weight excluding hydrogens is 769 g/mol. The quantitative estimate of drug-likeness (QED) is 0.0441. The van der Waals surface area contributed by atoms with Crippen LogP contribution in [0.3, 0.4) is 0 Å². The first kappa shape index (κ1) is 48.3. The molecule has 4 rings (SSSR count). The fourth-order valence-corrected chi connectivity index (χ4v) is 6.90. The summed E-state index contributed by atoms with van der Waals surface area (Å²) < 4.78 is 76.1. The molecule has 0 heterocycles. The van der Waals surface area contributed by atoms with E-state index < -0.39 is 20.2 Å². The van der Waals surface area contributed by atoms with Gasteiger partial charge in [-0.25, -0.2) is 8.42 Å².